The van der Waals surface area contributed by atoms with Crippen LogP contribution < -0.4 is 5.32 Å². The first-order chi connectivity index (χ1) is 16.1. The minimum absolute atomic E-state index is 0.0852. The zero-order chi connectivity index (χ0) is 24.5. The van der Waals surface area contributed by atoms with Crippen LogP contribution in [0.4, 0.5) is 18.9 Å². The van der Waals surface area contributed by atoms with Crippen LogP contribution in [0.15, 0.2) is 77.9 Å². The number of nitrogens with zero attached hydrogens (tertiary/aromatic N) is 2. The second kappa shape index (κ2) is 9.31. The van der Waals surface area contributed by atoms with E-state index in [1.54, 1.807) is 17.1 Å². The Hall–Kier alpha value is -3.03. The number of hydrogen-bond acceptors (Lipinski definition) is 3. The Kier molecular flexibility index (Phi) is 6.60. The minimum atomic E-state index is -4.57. The fourth-order valence-corrected chi connectivity index (χ4v) is 4.44. The molecule has 0 aliphatic carbocycles. The zero-order valence-electron chi connectivity index (χ0n) is 18.0. The molecule has 0 fully saturated rings. The molecular formula is C25H20Cl2F3N3O. The number of carbonyl (C=O) groups excluding carboxylic acids is 1. The van der Waals surface area contributed by atoms with E-state index >= 15 is 0 Å². The molecule has 4 rings (SSSR count). The Morgan fingerprint density at radius 1 is 1.06 bits per heavy atom. The lowest BCUT2D eigenvalue weighted by Gasteiger charge is -2.27. The lowest BCUT2D eigenvalue weighted by Crippen LogP contribution is -2.38. The molecule has 0 radical (unpaired) electrons. The first-order valence-electron chi connectivity index (χ1n) is 10.4. The Morgan fingerprint density at radius 3 is 2.35 bits per heavy atom. The number of hydrazone groups is 1. The van der Waals surface area contributed by atoms with Gasteiger partial charge >= 0.3 is 6.18 Å². The van der Waals surface area contributed by atoms with Gasteiger partial charge in [-0.25, -0.2) is 0 Å². The van der Waals surface area contributed by atoms with Crippen LogP contribution >= 0.6 is 23.2 Å². The summed E-state index contributed by atoms with van der Waals surface area (Å²) in [6.07, 6.45) is -4.57. The molecule has 0 bridgehead atoms. The van der Waals surface area contributed by atoms with Gasteiger partial charge in [0.15, 0.2) is 0 Å². The number of rotatable bonds is 5. The monoisotopic (exact) mass is 505 g/mol. The number of halogens is 5. The molecule has 9 heteroatoms. The summed E-state index contributed by atoms with van der Waals surface area (Å²) in [5.41, 5.74) is 1.44. The second-order valence-electron chi connectivity index (χ2n) is 8.22. The fraction of sp³-hybridized carbons (Fsp3) is 0.200. The maximum absolute atomic E-state index is 12.9. The van der Waals surface area contributed by atoms with Crippen LogP contribution in [-0.2, 0) is 16.4 Å². The quantitative estimate of drug-likeness (QED) is 0.422. The van der Waals surface area contributed by atoms with Gasteiger partial charge in [0, 0.05) is 10.7 Å². The Bertz CT molecular complexity index is 1230. The molecule has 3 aromatic carbocycles. The topological polar surface area (TPSA) is 44.7 Å². The molecule has 3 aromatic rings. The Morgan fingerprint density at radius 2 is 1.74 bits per heavy atom. The van der Waals surface area contributed by atoms with Crippen LogP contribution in [-0.4, -0.2) is 29.7 Å². The van der Waals surface area contributed by atoms with Crippen LogP contribution in [0, 0.1) is 0 Å². The minimum Gasteiger partial charge on any atom is -0.324 e. The van der Waals surface area contributed by atoms with Crippen molar-refractivity contribution in [3.63, 3.8) is 0 Å². The molecule has 0 spiro atoms. The number of anilines is 1. The van der Waals surface area contributed by atoms with Gasteiger partial charge in [-0.3, -0.25) is 9.80 Å². The summed E-state index contributed by atoms with van der Waals surface area (Å²) in [5, 5.41) is 9.11. The van der Waals surface area contributed by atoms with Crippen LogP contribution in [0.5, 0.6) is 0 Å². The van der Waals surface area contributed by atoms with Crippen molar-refractivity contribution in [2.45, 2.75) is 18.5 Å². The normalized spacial score (nSPS) is 18.1. The zero-order valence-corrected chi connectivity index (χ0v) is 19.5. The van der Waals surface area contributed by atoms with Crippen molar-refractivity contribution in [1.82, 2.24) is 5.01 Å². The van der Waals surface area contributed by atoms with Gasteiger partial charge in [0.05, 0.1) is 28.3 Å². The van der Waals surface area contributed by atoms with Gasteiger partial charge < -0.3 is 5.32 Å². The maximum Gasteiger partial charge on any atom is 0.417 e. The maximum atomic E-state index is 12.9. The van der Waals surface area contributed by atoms with Crippen molar-refractivity contribution in [3.8, 4) is 0 Å². The van der Waals surface area contributed by atoms with E-state index < -0.39 is 28.1 Å². The molecule has 1 heterocycles. The standard InChI is InChI=1S/C25H20Cl2F3N3O/c1-24(17-5-3-2-4-6-17)15-33(32-23(24)16-7-9-18(26)10-8-16)14-22(34)31-19-11-12-20(21(27)13-19)25(28,29)30/h2-13H,14-15H2,1H3,(H,31,34). The lowest BCUT2D eigenvalue weighted by molar-refractivity contribution is -0.137. The Balaban J connectivity index is 1.56. The summed E-state index contributed by atoms with van der Waals surface area (Å²) >= 11 is 11.8. The number of nitrogens with one attached hydrogen (secondary N) is 1. The van der Waals surface area contributed by atoms with Crippen LogP contribution in [0.1, 0.15) is 23.6 Å². The highest BCUT2D eigenvalue weighted by Gasteiger charge is 2.41. The molecule has 0 aromatic heterocycles. The predicted octanol–water partition coefficient (Wildman–Crippen LogP) is 6.63. The lowest BCUT2D eigenvalue weighted by atomic mass is 9.76. The molecule has 1 N–H and O–H groups in total. The summed E-state index contributed by atoms with van der Waals surface area (Å²) < 4.78 is 38.8. The summed E-state index contributed by atoms with van der Waals surface area (Å²) in [4.78, 5) is 12.7. The highest BCUT2D eigenvalue weighted by Crippen LogP contribution is 2.37. The van der Waals surface area contributed by atoms with Gasteiger partial charge in [-0.1, -0.05) is 65.7 Å². The molecule has 34 heavy (non-hydrogen) atoms. The molecule has 1 aliphatic heterocycles. The SMILES string of the molecule is CC1(c2ccccc2)CN(CC(=O)Nc2ccc(C(F)(F)F)c(Cl)c2)N=C1c1ccc(Cl)cc1. The third-order valence-corrected chi connectivity index (χ3v) is 6.24. The first kappa shape index (κ1) is 24.1. The average Bonchev–Trinajstić information content (AvgIpc) is 3.11. The molecule has 0 saturated carbocycles. The fourth-order valence-electron chi connectivity index (χ4n) is 4.03. The van der Waals surface area contributed by atoms with Gasteiger partial charge in [0.2, 0.25) is 5.91 Å². The second-order valence-corrected chi connectivity index (χ2v) is 9.06. The number of benzene rings is 3. The van der Waals surface area contributed by atoms with Crippen LogP contribution in [0.3, 0.4) is 0 Å². The van der Waals surface area contributed by atoms with E-state index in [4.69, 9.17) is 28.3 Å². The van der Waals surface area contributed by atoms with E-state index in [1.165, 1.54) is 6.07 Å². The molecular weight excluding hydrogens is 486 g/mol. The van der Waals surface area contributed by atoms with Crippen molar-refractivity contribution < 1.29 is 18.0 Å². The van der Waals surface area contributed by atoms with Crippen LogP contribution in [0.2, 0.25) is 10.0 Å². The van der Waals surface area contributed by atoms with Gasteiger partial charge in [0.1, 0.15) is 6.54 Å². The van der Waals surface area contributed by atoms with Crippen molar-refractivity contribution >= 4 is 40.5 Å². The highest BCUT2D eigenvalue weighted by atomic mass is 35.5. The molecule has 4 nitrogen and oxygen atoms in total. The predicted molar refractivity (Wildman–Crippen MR) is 128 cm³/mol. The summed E-state index contributed by atoms with van der Waals surface area (Å²) in [5.74, 6) is -0.424. The van der Waals surface area contributed by atoms with E-state index in [-0.39, 0.29) is 12.2 Å². The molecule has 1 atom stereocenters. The van der Waals surface area contributed by atoms with E-state index in [0.29, 0.717) is 11.6 Å². The highest BCUT2D eigenvalue weighted by molar-refractivity contribution is 6.31. The third kappa shape index (κ3) is 5.05. The van der Waals surface area contributed by atoms with Crippen molar-refractivity contribution in [2.24, 2.45) is 5.10 Å². The average molecular weight is 506 g/mol. The molecule has 1 unspecified atom stereocenters. The van der Waals surface area contributed by atoms with E-state index in [1.807, 2.05) is 42.5 Å². The van der Waals surface area contributed by atoms with E-state index in [9.17, 15) is 18.0 Å². The summed E-state index contributed by atoms with van der Waals surface area (Å²) in [6.45, 7) is 2.41. The van der Waals surface area contributed by atoms with Crippen molar-refractivity contribution in [2.75, 3.05) is 18.4 Å². The first-order valence-corrected chi connectivity index (χ1v) is 11.1. The van der Waals surface area contributed by atoms with Crippen molar-refractivity contribution in [1.29, 1.82) is 0 Å². The summed E-state index contributed by atoms with van der Waals surface area (Å²) in [7, 11) is 0. The van der Waals surface area contributed by atoms with Gasteiger partial charge in [-0.15, -0.1) is 0 Å². The number of alkyl halides is 3. The molecule has 176 valence electrons. The third-order valence-electron chi connectivity index (χ3n) is 5.68. The molecule has 1 amide bonds. The van der Waals surface area contributed by atoms with Crippen molar-refractivity contribution in [3.05, 3.63) is 99.5 Å². The smallest absolute Gasteiger partial charge is 0.324 e. The molecule has 0 saturated heterocycles. The number of amides is 1. The molecule has 1 aliphatic rings. The van der Waals surface area contributed by atoms with Gasteiger partial charge in [-0.2, -0.15) is 18.3 Å². The largest absolute Gasteiger partial charge is 0.417 e. The number of carbonyl (C=O) groups is 1. The number of hydrogen-bond donors (Lipinski definition) is 1. The van der Waals surface area contributed by atoms with Crippen LogP contribution in [0.25, 0.3) is 0 Å². The Labute approximate surface area is 205 Å². The van der Waals surface area contributed by atoms with Gasteiger partial charge in [-0.05, 0) is 48.4 Å². The van der Waals surface area contributed by atoms with E-state index in [0.717, 1.165) is 29.0 Å². The van der Waals surface area contributed by atoms with E-state index in [2.05, 4.69) is 12.2 Å². The summed E-state index contributed by atoms with van der Waals surface area (Å²) in [6, 6.07) is 20.3. The van der Waals surface area contributed by atoms with Gasteiger partial charge in [0.25, 0.3) is 0 Å².